The van der Waals surface area contributed by atoms with Crippen LogP contribution >= 0.6 is 11.6 Å². The molecule has 30 heavy (non-hydrogen) atoms. The summed E-state index contributed by atoms with van der Waals surface area (Å²) in [6.45, 7) is 0. The number of esters is 1. The fraction of sp³-hybridized carbons (Fsp3) is 0.136. The highest BCUT2D eigenvalue weighted by Gasteiger charge is 2.34. The largest absolute Gasteiger partial charge is 0.507 e. The number of nitrogens with zero attached hydrogens (tertiary/aromatic N) is 2. The molecule has 0 aliphatic carbocycles. The van der Waals surface area contributed by atoms with Gasteiger partial charge in [-0.25, -0.2) is 0 Å². The van der Waals surface area contributed by atoms with Gasteiger partial charge in [-0.3, -0.25) is 14.3 Å². The Morgan fingerprint density at radius 3 is 2.70 bits per heavy atom. The van der Waals surface area contributed by atoms with E-state index >= 15 is 0 Å². The third kappa shape index (κ3) is 2.86. The van der Waals surface area contributed by atoms with Gasteiger partial charge in [0.05, 0.1) is 18.2 Å². The predicted octanol–water partition coefficient (Wildman–Crippen LogP) is 3.99. The number of halogens is 1. The smallest absolute Gasteiger partial charge is 0.312 e. The van der Waals surface area contributed by atoms with E-state index in [1.165, 1.54) is 12.3 Å². The van der Waals surface area contributed by atoms with E-state index < -0.39 is 11.9 Å². The van der Waals surface area contributed by atoms with E-state index in [1.807, 2.05) is 0 Å². The van der Waals surface area contributed by atoms with Gasteiger partial charge in [-0.05, 0) is 23.3 Å². The van der Waals surface area contributed by atoms with Crippen LogP contribution in [-0.4, -0.2) is 20.9 Å². The lowest BCUT2D eigenvalue weighted by molar-refractivity contribution is -0.135. The maximum absolute atomic E-state index is 13.3. The maximum Gasteiger partial charge on any atom is 0.312 e. The molecule has 2 aromatic heterocycles. The number of phenolic OH excluding ortho intramolecular Hbond substituents is 1. The van der Waals surface area contributed by atoms with Crippen LogP contribution < -0.4 is 10.2 Å². The van der Waals surface area contributed by atoms with Gasteiger partial charge in [0, 0.05) is 35.8 Å². The summed E-state index contributed by atoms with van der Waals surface area (Å²) in [5, 5.41) is 15.3. The lowest BCUT2D eigenvalue weighted by Gasteiger charge is -2.24. The van der Waals surface area contributed by atoms with Crippen LogP contribution in [0.2, 0.25) is 5.02 Å². The molecule has 0 amide bonds. The predicted molar refractivity (Wildman–Crippen MR) is 110 cm³/mol. The highest BCUT2D eigenvalue weighted by molar-refractivity contribution is 6.30. The average Bonchev–Trinajstić information content (AvgIpc) is 3.14. The van der Waals surface area contributed by atoms with Crippen molar-refractivity contribution in [3.05, 3.63) is 75.4 Å². The zero-order valence-corrected chi connectivity index (χ0v) is 16.5. The monoisotopic (exact) mass is 422 g/mol. The van der Waals surface area contributed by atoms with E-state index in [0.717, 1.165) is 5.56 Å². The normalized spacial score (nSPS) is 15.8. The summed E-state index contributed by atoms with van der Waals surface area (Å²) in [6.07, 6.45) is 4.88. The Labute approximate surface area is 175 Å². The second-order valence-corrected chi connectivity index (χ2v) is 7.61. The molecular formula is C22H15ClN2O5. The number of fused-ring (bicyclic) bond motifs is 3. The van der Waals surface area contributed by atoms with Crippen LogP contribution in [0, 0.1) is 0 Å². The van der Waals surface area contributed by atoms with Gasteiger partial charge >= 0.3 is 5.97 Å². The van der Waals surface area contributed by atoms with Gasteiger partial charge in [-0.1, -0.05) is 23.7 Å². The van der Waals surface area contributed by atoms with Crippen molar-refractivity contribution in [3.63, 3.8) is 0 Å². The van der Waals surface area contributed by atoms with Gasteiger partial charge in [-0.2, -0.15) is 5.10 Å². The van der Waals surface area contributed by atoms with E-state index in [2.05, 4.69) is 5.10 Å². The fourth-order valence-electron chi connectivity index (χ4n) is 3.87. The third-order valence-corrected chi connectivity index (χ3v) is 5.50. The number of phenols is 1. The number of hydrogen-bond donors (Lipinski definition) is 1. The van der Waals surface area contributed by atoms with E-state index in [4.69, 9.17) is 20.8 Å². The zero-order valence-electron chi connectivity index (χ0n) is 15.8. The minimum absolute atomic E-state index is 0.0352. The second-order valence-electron chi connectivity index (χ2n) is 7.18. The van der Waals surface area contributed by atoms with Crippen molar-refractivity contribution in [2.45, 2.75) is 12.3 Å². The lowest BCUT2D eigenvalue weighted by Crippen LogP contribution is -2.22. The molecule has 3 heterocycles. The summed E-state index contributed by atoms with van der Waals surface area (Å²) in [5.41, 5.74) is 2.03. The highest BCUT2D eigenvalue weighted by Crippen LogP contribution is 2.45. The van der Waals surface area contributed by atoms with Crippen LogP contribution in [0.3, 0.4) is 0 Å². The molecule has 150 valence electrons. The van der Waals surface area contributed by atoms with Gasteiger partial charge in [0.25, 0.3) is 0 Å². The number of rotatable bonds is 2. The molecule has 1 aliphatic rings. The number of aromatic hydroxyl groups is 1. The van der Waals surface area contributed by atoms with Crippen LogP contribution in [0.4, 0.5) is 0 Å². The summed E-state index contributed by atoms with van der Waals surface area (Å²) in [4.78, 5) is 25.4. The molecule has 0 radical (unpaired) electrons. The lowest BCUT2D eigenvalue weighted by atomic mass is 9.86. The molecule has 5 rings (SSSR count). The number of carbonyl (C=O) groups is 1. The molecule has 8 heteroatoms. The molecule has 1 aliphatic heterocycles. The molecule has 0 fully saturated rings. The molecular weight excluding hydrogens is 408 g/mol. The first-order valence-electron chi connectivity index (χ1n) is 9.19. The summed E-state index contributed by atoms with van der Waals surface area (Å²) in [5.74, 6) is -0.988. The number of carbonyl (C=O) groups excluding carboxylic acids is 1. The van der Waals surface area contributed by atoms with E-state index in [9.17, 15) is 14.7 Å². The van der Waals surface area contributed by atoms with Crippen molar-refractivity contribution < 1.29 is 19.1 Å². The molecule has 0 saturated carbocycles. The molecule has 4 aromatic rings. The van der Waals surface area contributed by atoms with Crippen molar-refractivity contribution in [1.29, 1.82) is 0 Å². The Kier molecular flexibility index (Phi) is 4.15. The van der Waals surface area contributed by atoms with Crippen molar-refractivity contribution in [1.82, 2.24) is 9.78 Å². The average molecular weight is 423 g/mol. The Morgan fingerprint density at radius 1 is 1.23 bits per heavy atom. The first kappa shape index (κ1) is 18.4. The minimum Gasteiger partial charge on any atom is -0.507 e. The SMILES string of the molecule is Cn1cc([C@@H]2CC(=O)Oc3cc(O)c4c(=O)c(-c5ccc(Cl)cc5)coc4c32)cn1. The molecule has 0 saturated heterocycles. The standard InChI is InChI=1S/C22H15ClN2O5/c1-25-9-12(8-24-25)14-6-18(27)30-17-7-16(26)20-21(28)15(10-29-22(20)19(14)17)11-2-4-13(23)5-3-11/h2-5,7-10,14,26H,6H2,1H3/t14-/m0/s1. The summed E-state index contributed by atoms with van der Waals surface area (Å²) in [6, 6.07) is 8.04. The topological polar surface area (TPSA) is 94.6 Å². The van der Waals surface area contributed by atoms with E-state index in [1.54, 1.807) is 48.4 Å². The summed E-state index contributed by atoms with van der Waals surface area (Å²) in [7, 11) is 1.78. The Hall–Kier alpha value is -3.58. The van der Waals surface area contributed by atoms with Gasteiger partial charge in [0.15, 0.2) is 0 Å². The molecule has 2 aromatic carbocycles. The Morgan fingerprint density at radius 2 is 2.00 bits per heavy atom. The van der Waals surface area contributed by atoms with Crippen molar-refractivity contribution in [2.24, 2.45) is 7.05 Å². The molecule has 7 nitrogen and oxygen atoms in total. The van der Waals surface area contributed by atoms with Crippen molar-refractivity contribution in [2.75, 3.05) is 0 Å². The Bertz CT molecular complexity index is 1370. The van der Waals surface area contributed by atoms with Crippen LogP contribution in [0.25, 0.3) is 22.1 Å². The summed E-state index contributed by atoms with van der Waals surface area (Å²) >= 11 is 5.94. The fourth-order valence-corrected chi connectivity index (χ4v) is 3.99. The van der Waals surface area contributed by atoms with Gasteiger partial charge in [0.1, 0.15) is 28.7 Å². The first-order valence-corrected chi connectivity index (χ1v) is 9.56. The van der Waals surface area contributed by atoms with Gasteiger partial charge in [0.2, 0.25) is 5.43 Å². The van der Waals surface area contributed by atoms with Crippen LogP contribution in [0.15, 0.2) is 58.2 Å². The quantitative estimate of drug-likeness (QED) is 0.387. The number of hydrogen-bond acceptors (Lipinski definition) is 6. The number of aryl methyl sites for hydroxylation is 1. The minimum atomic E-state index is -0.435. The summed E-state index contributed by atoms with van der Waals surface area (Å²) < 4.78 is 12.8. The zero-order chi connectivity index (χ0) is 21.0. The Balaban J connectivity index is 1.78. The van der Waals surface area contributed by atoms with Crippen LogP contribution in [0.1, 0.15) is 23.5 Å². The molecule has 1 atom stereocenters. The van der Waals surface area contributed by atoms with Gasteiger partial charge < -0.3 is 14.3 Å². The number of aromatic nitrogens is 2. The molecule has 1 N–H and O–H groups in total. The second kappa shape index (κ2) is 6.74. The van der Waals surface area contributed by atoms with Crippen LogP contribution in [-0.2, 0) is 11.8 Å². The molecule has 0 bridgehead atoms. The molecule has 0 spiro atoms. The van der Waals surface area contributed by atoms with Crippen molar-refractivity contribution >= 4 is 28.5 Å². The molecule has 0 unspecified atom stereocenters. The van der Waals surface area contributed by atoms with Crippen molar-refractivity contribution in [3.8, 4) is 22.6 Å². The van der Waals surface area contributed by atoms with Gasteiger partial charge in [-0.15, -0.1) is 0 Å². The van der Waals surface area contributed by atoms with E-state index in [0.29, 0.717) is 21.7 Å². The third-order valence-electron chi connectivity index (χ3n) is 5.25. The van der Waals surface area contributed by atoms with E-state index in [-0.39, 0.29) is 34.3 Å². The highest BCUT2D eigenvalue weighted by atomic mass is 35.5. The number of benzene rings is 2. The number of ether oxygens (including phenoxy) is 1. The van der Waals surface area contributed by atoms with Crippen LogP contribution in [0.5, 0.6) is 11.5 Å². The maximum atomic E-state index is 13.3. The first-order chi connectivity index (χ1) is 14.4.